The van der Waals surface area contributed by atoms with Gasteiger partial charge in [-0.05, 0) is 0 Å². The van der Waals surface area contributed by atoms with E-state index in [9.17, 15) is 0 Å². The van der Waals surface area contributed by atoms with Crippen molar-refractivity contribution in [1.29, 1.82) is 0 Å². The van der Waals surface area contributed by atoms with Gasteiger partial charge in [0.1, 0.15) is 0 Å². The largest absolute Gasteiger partial charge is 3.00 e. The molecule has 0 aromatic carbocycles. The van der Waals surface area contributed by atoms with Crippen LogP contribution in [0.25, 0.3) is 0 Å². The summed E-state index contributed by atoms with van der Waals surface area (Å²) in [6.07, 6.45) is 0. The summed E-state index contributed by atoms with van der Waals surface area (Å²) in [5.74, 6) is 0. The van der Waals surface area contributed by atoms with Crippen LogP contribution >= 0.6 is 0 Å². The molecule has 1 radical (unpaired) electrons. The number of hydrogen-bond acceptors (Lipinski definition) is 0. The SMILES string of the molecule is [Al+3].[Ce+3].[F-].[F-].[F-].[F-].[F-].[F-].[F-].[F-].[F-].[Li+].[Sr+2]. The topological polar surface area (TPSA) is 0 Å². The summed E-state index contributed by atoms with van der Waals surface area (Å²) in [6.45, 7) is 0. The molecule has 0 saturated carbocycles. The van der Waals surface area contributed by atoms with E-state index in [4.69, 9.17) is 0 Å². The van der Waals surface area contributed by atoms with E-state index in [1.807, 2.05) is 0 Å². The van der Waals surface area contributed by atoms with Gasteiger partial charge >= 0.3 is 123 Å². The molecule has 0 aromatic rings. The van der Waals surface area contributed by atoms with Crippen LogP contribution in [-0.2, 0) is 0 Å². The predicted octanol–water partition coefficient (Wildman–Crippen LogP) is -30.7. The molecule has 0 bridgehead atoms. The molecule has 0 unspecified atom stereocenters. The second kappa shape index (κ2) is 281. The van der Waals surface area contributed by atoms with Gasteiger partial charge < -0.3 is 42.3 Å². The standard InChI is InChI=1S/Al.Ce.9FH.Li.Sr/h;;9*1H;;/q2*+3;;;;;;;;;;+1;+2/p-9. The molecular formula is AlCeF9LiSr. The van der Waals surface area contributed by atoms with Crippen LogP contribution in [0.3, 0.4) is 0 Å². The zero-order chi connectivity index (χ0) is 0. The first-order chi connectivity index (χ1) is 0. The van der Waals surface area contributed by atoms with E-state index < -0.39 is 0 Å². The van der Waals surface area contributed by atoms with Crippen LogP contribution in [0.4, 0.5) is 0 Å². The summed E-state index contributed by atoms with van der Waals surface area (Å²) in [7, 11) is 0. The van der Waals surface area contributed by atoms with Crippen LogP contribution in [0.15, 0.2) is 0 Å². The Morgan fingerprint density at radius 2 is 0.385 bits per heavy atom. The molecule has 0 saturated heterocycles. The molecule has 0 aliphatic rings. The minimum Gasteiger partial charge on any atom is -1.00 e. The maximum Gasteiger partial charge on any atom is 3.00 e. The zero-order valence-corrected chi connectivity index (χ0v) is 14.0. The van der Waals surface area contributed by atoms with Crippen LogP contribution in [0.1, 0.15) is 0 Å². The second-order valence-corrected chi connectivity index (χ2v) is 0. The van der Waals surface area contributed by atoms with Crippen LogP contribution in [-0.4, -0.2) is 62.8 Å². The van der Waals surface area contributed by atoms with Crippen molar-refractivity contribution in [2.45, 2.75) is 0 Å². The second-order valence-electron chi connectivity index (χ2n) is 0. The molecule has 0 aliphatic carbocycles. The van der Waals surface area contributed by atoms with Gasteiger partial charge in [0.15, 0.2) is 0 Å². The summed E-state index contributed by atoms with van der Waals surface area (Å²) >= 11 is 0. The third-order valence-corrected chi connectivity index (χ3v) is 0. The van der Waals surface area contributed by atoms with Gasteiger partial charge in [0.25, 0.3) is 0 Å². The molecule has 0 amide bonds. The first kappa shape index (κ1) is 342. The predicted molar refractivity (Wildman–Crippen MR) is 11.5 cm³/mol. The Morgan fingerprint density at radius 1 is 0.385 bits per heavy atom. The van der Waals surface area contributed by atoms with Crippen molar-refractivity contribution in [3.8, 4) is 0 Å². The summed E-state index contributed by atoms with van der Waals surface area (Å²) in [6, 6.07) is 0. The Labute approximate surface area is 162 Å². The average Bonchev–Trinajstić information content (AvgIpc) is 0. The molecule has 73 valence electrons. The molecular weight excluding hydrogens is 433 g/mol. The van der Waals surface area contributed by atoms with Crippen LogP contribution in [0, 0.1) is 41.7 Å². The third-order valence-electron chi connectivity index (χ3n) is 0. The number of halogens is 9. The molecule has 0 atom stereocenters. The van der Waals surface area contributed by atoms with Crippen molar-refractivity contribution in [3.05, 3.63) is 0 Å². The van der Waals surface area contributed by atoms with Gasteiger partial charge in [-0.1, -0.05) is 0 Å². The third kappa shape index (κ3) is 243. The first-order valence-electron chi connectivity index (χ1n) is 0. The van der Waals surface area contributed by atoms with E-state index >= 15 is 0 Å². The summed E-state index contributed by atoms with van der Waals surface area (Å²) in [5, 5.41) is 0. The molecule has 0 spiro atoms. The van der Waals surface area contributed by atoms with Crippen molar-refractivity contribution < 1.29 is 103 Å². The van der Waals surface area contributed by atoms with Crippen molar-refractivity contribution in [2.24, 2.45) is 0 Å². The van der Waals surface area contributed by atoms with E-state index in [1.165, 1.54) is 0 Å². The van der Waals surface area contributed by atoms with Gasteiger partial charge in [-0.2, -0.15) is 0 Å². The van der Waals surface area contributed by atoms with Gasteiger partial charge in [-0.3, -0.25) is 0 Å². The van der Waals surface area contributed by atoms with E-state index in [0.29, 0.717) is 0 Å². The Bertz CT molecular complexity index is 19.6. The molecule has 0 N–H and O–H groups in total. The van der Waals surface area contributed by atoms with Gasteiger partial charge in [-0.15, -0.1) is 0 Å². The average molecular weight is 433 g/mol. The molecule has 13 heteroatoms. The Kier molecular flexibility index (Phi) is 7400. The summed E-state index contributed by atoms with van der Waals surface area (Å²) in [4.78, 5) is 0. The minimum atomic E-state index is 0. The molecule has 0 aliphatic heterocycles. The van der Waals surface area contributed by atoms with E-state index in [0.717, 1.165) is 0 Å². The van der Waals surface area contributed by atoms with Crippen LogP contribution in [0.2, 0.25) is 0 Å². The summed E-state index contributed by atoms with van der Waals surface area (Å²) < 4.78 is 0. The zero-order valence-electron chi connectivity index (χ0n) is 6.19. The molecule has 0 nitrogen and oxygen atoms in total. The molecule has 13 heavy (non-hydrogen) atoms. The van der Waals surface area contributed by atoms with Crippen molar-refractivity contribution in [2.75, 3.05) is 0 Å². The monoisotopic (exact) mass is 433 g/mol. The molecule has 0 fully saturated rings. The van der Waals surface area contributed by atoms with Gasteiger partial charge in [0.05, 0.1) is 0 Å². The number of rotatable bonds is 0. The first-order valence-corrected chi connectivity index (χ1v) is 0. The van der Waals surface area contributed by atoms with Gasteiger partial charge in [0.2, 0.25) is 0 Å². The molecule has 0 heterocycles. The normalized spacial score (nSPS) is 0. The van der Waals surface area contributed by atoms with Gasteiger partial charge in [0, 0.05) is 0 Å². The van der Waals surface area contributed by atoms with E-state index in [2.05, 4.69) is 0 Å². The fourth-order valence-corrected chi connectivity index (χ4v) is 0. The maximum atomic E-state index is 0. The van der Waals surface area contributed by atoms with E-state index in [-0.39, 0.29) is 166 Å². The van der Waals surface area contributed by atoms with E-state index in [1.54, 1.807) is 0 Å². The van der Waals surface area contributed by atoms with Crippen molar-refractivity contribution in [3.63, 3.8) is 0 Å². The maximum absolute atomic E-state index is 0. The Balaban J connectivity index is 0. The molecule has 0 aromatic heterocycles. The van der Waals surface area contributed by atoms with Crippen LogP contribution < -0.4 is 61.2 Å². The quantitative estimate of drug-likeness (QED) is 0.264. The fourth-order valence-electron chi connectivity index (χ4n) is 0. The van der Waals surface area contributed by atoms with Crippen LogP contribution in [0.5, 0.6) is 0 Å². The number of hydrogen-bond donors (Lipinski definition) is 0. The smallest absolute Gasteiger partial charge is 1.00 e. The van der Waals surface area contributed by atoms with Crippen molar-refractivity contribution in [1.82, 2.24) is 0 Å². The Morgan fingerprint density at radius 3 is 0.385 bits per heavy atom. The minimum absolute atomic E-state index is 0. The summed E-state index contributed by atoms with van der Waals surface area (Å²) in [5.41, 5.74) is 0. The van der Waals surface area contributed by atoms with Crippen molar-refractivity contribution >= 4 is 62.8 Å². The fraction of sp³-hybridized carbons (Fsp3) is 0. The Hall–Kier alpha value is 3.36. The molecule has 0 rings (SSSR count). The van der Waals surface area contributed by atoms with Gasteiger partial charge in [-0.25, -0.2) is 0 Å².